The van der Waals surface area contributed by atoms with Gasteiger partial charge in [0.2, 0.25) is 5.91 Å². The quantitative estimate of drug-likeness (QED) is 0.867. The molecule has 3 nitrogen and oxygen atoms in total. The Morgan fingerprint density at radius 2 is 1.73 bits per heavy atom. The smallest absolute Gasteiger partial charge is 0.249 e. The summed E-state index contributed by atoms with van der Waals surface area (Å²) in [6, 6.07) is 3.22. The molecule has 0 radical (unpaired) electrons. The zero-order valence-electron chi connectivity index (χ0n) is 13.9. The minimum absolute atomic E-state index is 0.0103. The van der Waals surface area contributed by atoms with Crippen LogP contribution in [0.2, 0.25) is 0 Å². The summed E-state index contributed by atoms with van der Waals surface area (Å²) in [5.74, 6) is -1.26. The first-order chi connectivity index (χ1) is 10.1. The van der Waals surface area contributed by atoms with Gasteiger partial charge in [0.25, 0.3) is 0 Å². The Morgan fingerprint density at radius 3 is 2.18 bits per heavy atom. The number of halogens is 2. The van der Waals surface area contributed by atoms with Gasteiger partial charge in [-0.3, -0.25) is 4.79 Å². The average Bonchev–Trinajstić information content (AvgIpc) is 2.30. The molecule has 1 atom stereocenters. The molecule has 0 spiro atoms. The number of amides is 1. The molecule has 0 aliphatic heterocycles. The second-order valence-electron chi connectivity index (χ2n) is 6.95. The molecular formula is C17H25F2NO2. The van der Waals surface area contributed by atoms with E-state index in [-0.39, 0.29) is 24.0 Å². The number of carbonyl (C=O) groups excluding carboxylic acids is 1. The summed E-state index contributed by atoms with van der Waals surface area (Å²) in [7, 11) is 0. The van der Waals surface area contributed by atoms with Gasteiger partial charge in [0.15, 0.2) is 0 Å². The van der Waals surface area contributed by atoms with Crippen LogP contribution in [0.4, 0.5) is 8.78 Å². The fourth-order valence-corrected chi connectivity index (χ4v) is 2.02. The number of rotatable bonds is 6. The third-order valence-corrected chi connectivity index (χ3v) is 2.85. The van der Waals surface area contributed by atoms with Gasteiger partial charge in [-0.2, -0.15) is 0 Å². The number of benzene rings is 1. The summed E-state index contributed by atoms with van der Waals surface area (Å²) in [5.41, 5.74) is 0.00972. The van der Waals surface area contributed by atoms with E-state index in [9.17, 15) is 13.6 Å². The van der Waals surface area contributed by atoms with Crippen LogP contribution in [-0.4, -0.2) is 17.6 Å². The molecule has 0 saturated heterocycles. The van der Waals surface area contributed by atoms with Gasteiger partial charge in [-0.15, -0.1) is 0 Å². The van der Waals surface area contributed by atoms with E-state index in [2.05, 4.69) is 5.32 Å². The molecule has 5 heteroatoms. The number of hydrogen-bond donors (Lipinski definition) is 1. The molecule has 22 heavy (non-hydrogen) atoms. The van der Waals surface area contributed by atoms with Gasteiger partial charge in [-0.05, 0) is 50.8 Å². The Kier molecular flexibility index (Phi) is 6.48. The van der Waals surface area contributed by atoms with Crippen molar-refractivity contribution >= 4 is 5.91 Å². The molecule has 0 aliphatic rings. The lowest BCUT2D eigenvalue weighted by Crippen LogP contribution is -2.47. The van der Waals surface area contributed by atoms with Crippen LogP contribution in [0.25, 0.3) is 0 Å². The SMILES string of the molecule is CC(C)CC(OCc1cc(F)cc(F)c1)C(=O)NC(C)(C)C. The Labute approximate surface area is 131 Å². The Hall–Kier alpha value is -1.49. The van der Waals surface area contributed by atoms with E-state index in [1.54, 1.807) is 0 Å². The first kappa shape index (κ1) is 18.6. The molecule has 1 N–H and O–H groups in total. The molecular weight excluding hydrogens is 288 g/mol. The molecule has 124 valence electrons. The van der Waals surface area contributed by atoms with Crippen molar-refractivity contribution in [3.8, 4) is 0 Å². The molecule has 1 amide bonds. The van der Waals surface area contributed by atoms with E-state index in [0.717, 1.165) is 6.07 Å². The fraction of sp³-hybridized carbons (Fsp3) is 0.588. The first-order valence-electron chi connectivity index (χ1n) is 7.45. The van der Waals surface area contributed by atoms with E-state index >= 15 is 0 Å². The molecule has 0 heterocycles. The molecule has 0 bridgehead atoms. The van der Waals surface area contributed by atoms with Crippen molar-refractivity contribution in [1.29, 1.82) is 0 Å². The predicted molar refractivity (Wildman–Crippen MR) is 82.3 cm³/mol. The molecule has 1 aromatic carbocycles. The highest BCUT2D eigenvalue weighted by Crippen LogP contribution is 2.15. The van der Waals surface area contributed by atoms with Crippen molar-refractivity contribution in [2.75, 3.05) is 0 Å². The van der Waals surface area contributed by atoms with Crippen molar-refractivity contribution in [2.24, 2.45) is 5.92 Å². The van der Waals surface area contributed by atoms with E-state index in [1.165, 1.54) is 12.1 Å². The Morgan fingerprint density at radius 1 is 1.18 bits per heavy atom. The normalized spacial score (nSPS) is 13.3. The maximum atomic E-state index is 13.2. The first-order valence-corrected chi connectivity index (χ1v) is 7.45. The van der Waals surface area contributed by atoms with E-state index in [0.29, 0.717) is 12.0 Å². The highest BCUT2D eigenvalue weighted by molar-refractivity contribution is 5.81. The van der Waals surface area contributed by atoms with Crippen LogP contribution >= 0.6 is 0 Å². The van der Waals surface area contributed by atoms with E-state index < -0.39 is 17.7 Å². The molecule has 1 unspecified atom stereocenters. The van der Waals surface area contributed by atoms with Crippen LogP contribution in [-0.2, 0) is 16.1 Å². The van der Waals surface area contributed by atoms with Gasteiger partial charge in [-0.1, -0.05) is 13.8 Å². The summed E-state index contributed by atoms with van der Waals surface area (Å²) in [4.78, 5) is 12.3. The van der Waals surface area contributed by atoms with E-state index in [1.807, 2.05) is 34.6 Å². The van der Waals surface area contributed by atoms with Crippen LogP contribution in [0, 0.1) is 17.6 Å². The van der Waals surface area contributed by atoms with Crippen molar-refractivity contribution in [1.82, 2.24) is 5.32 Å². The number of ether oxygens (including phenoxy) is 1. The van der Waals surface area contributed by atoms with Crippen LogP contribution < -0.4 is 5.32 Å². The topological polar surface area (TPSA) is 38.3 Å². The third-order valence-electron chi connectivity index (χ3n) is 2.85. The number of nitrogens with one attached hydrogen (secondary N) is 1. The van der Waals surface area contributed by atoms with Crippen LogP contribution in [0.1, 0.15) is 46.6 Å². The van der Waals surface area contributed by atoms with Crippen LogP contribution in [0.5, 0.6) is 0 Å². The van der Waals surface area contributed by atoms with Crippen molar-refractivity contribution in [2.45, 2.75) is 59.3 Å². The second-order valence-corrected chi connectivity index (χ2v) is 6.95. The van der Waals surface area contributed by atoms with Gasteiger partial charge >= 0.3 is 0 Å². The van der Waals surface area contributed by atoms with Crippen molar-refractivity contribution in [3.63, 3.8) is 0 Å². The minimum atomic E-state index is -0.654. The second kappa shape index (κ2) is 7.68. The molecule has 0 saturated carbocycles. The highest BCUT2D eigenvalue weighted by atomic mass is 19.1. The zero-order valence-corrected chi connectivity index (χ0v) is 13.9. The van der Waals surface area contributed by atoms with Gasteiger partial charge < -0.3 is 10.1 Å². The number of hydrogen-bond acceptors (Lipinski definition) is 2. The summed E-state index contributed by atoms with van der Waals surface area (Å²) < 4.78 is 31.9. The molecule has 0 aromatic heterocycles. The zero-order chi connectivity index (χ0) is 16.9. The van der Waals surface area contributed by atoms with Gasteiger partial charge in [0, 0.05) is 11.6 Å². The Balaban J connectivity index is 2.74. The summed E-state index contributed by atoms with van der Waals surface area (Å²) >= 11 is 0. The van der Waals surface area contributed by atoms with Crippen LogP contribution in [0.3, 0.4) is 0 Å². The Bertz CT molecular complexity index is 490. The van der Waals surface area contributed by atoms with Gasteiger partial charge in [-0.25, -0.2) is 8.78 Å². The predicted octanol–water partition coefficient (Wildman–Crippen LogP) is 3.81. The molecule has 0 fully saturated rings. The monoisotopic (exact) mass is 313 g/mol. The summed E-state index contributed by atoms with van der Waals surface area (Å²) in [6.45, 7) is 9.63. The number of carbonyl (C=O) groups is 1. The van der Waals surface area contributed by atoms with Crippen LogP contribution in [0.15, 0.2) is 18.2 Å². The van der Waals surface area contributed by atoms with Crippen molar-refractivity contribution < 1.29 is 18.3 Å². The lowest BCUT2D eigenvalue weighted by molar-refractivity contribution is -0.136. The third kappa shape index (κ3) is 6.98. The molecule has 1 aromatic rings. The fourth-order valence-electron chi connectivity index (χ4n) is 2.02. The summed E-state index contributed by atoms with van der Waals surface area (Å²) in [5, 5.41) is 2.87. The standard InChI is InChI=1S/C17H25F2NO2/c1-11(2)6-15(16(21)20-17(3,4)5)22-10-12-7-13(18)9-14(19)8-12/h7-9,11,15H,6,10H2,1-5H3,(H,20,21). The molecule has 0 aliphatic carbocycles. The lowest BCUT2D eigenvalue weighted by atomic mass is 10.0. The lowest BCUT2D eigenvalue weighted by Gasteiger charge is -2.26. The average molecular weight is 313 g/mol. The molecule has 1 rings (SSSR count). The van der Waals surface area contributed by atoms with Gasteiger partial charge in [0.05, 0.1) is 6.61 Å². The summed E-state index contributed by atoms with van der Waals surface area (Å²) in [6.07, 6.45) is -0.106. The van der Waals surface area contributed by atoms with Gasteiger partial charge in [0.1, 0.15) is 17.7 Å². The van der Waals surface area contributed by atoms with E-state index in [4.69, 9.17) is 4.74 Å². The largest absolute Gasteiger partial charge is 0.364 e. The highest BCUT2D eigenvalue weighted by Gasteiger charge is 2.24. The van der Waals surface area contributed by atoms with Crippen molar-refractivity contribution in [3.05, 3.63) is 35.4 Å². The maximum absolute atomic E-state index is 13.2. The minimum Gasteiger partial charge on any atom is -0.364 e. The maximum Gasteiger partial charge on any atom is 0.249 e.